The molecule has 0 atom stereocenters. The van der Waals surface area contributed by atoms with E-state index in [0.717, 1.165) is 35.1 Å². The molecule has 8 heteroatoms. The first-order valence-corrected chi connectivity index (χ1v) is 11.5. The molecule has 174 valence electrons. The third kappa shape index (κ3) is 6.61. The van der Waals surface area contributed by atoms with Crippen LogP contribution in [0.2, 0.25) is 0 Å². The van der Waals surface area contributed by atoms with Gasteiger partial charge in [-0.05, 0) is 54.4 Å². The van der Waals surface area contributed by atoms with Crippen molar-refractivity contribution in [2.24, 2.45) is 0 Å². The number of aryl methyl sites for hydroxylation is 1. The van der Waals surface area contributed by atoms with E-state index < -0.39 is 17.1 Å². The summed E-state index contributed by atoms with van der Waals surface area (Å²) in [5.74, 6) is -0.0346. The molecule has 1 aliphatic heterocycles. The lowest BCUT2D eigenvalue weighted by Crippen LogP contribution is -2.34. The summed E-state index contributed by atoms with van der Waals surface area (Å²) >= 11 is 0.792. The van der Waals surface area contributed by atoms with Crippen LogP contribution in [0.3, 0.4) is 0 Å². The molecular weight excluding hydrogens is 442 g/mol. The van der Waals surface area contributed by atoms with Gasteiger partial charge in [-0.3, -0.25) is 19.3 Å². The number of nitrogens with zero attached hydrogens (tertiary/aromatic N) is 1. The van der Waals surface area contributed by atoms with Crippen LogP contribution in [0.1, 0.15) is 36.5 Å². The molecule has 0 unspecified atom stereocenters. The topological polar surface area (TPSA) is 82.1 Å². The highest BCUT2D eigenvalue weighted by Crippen LogP contribution is 2.34. The van der Waals surface area contributed by atoms with Gasteiger partial charge in [0.15, 0.2) is 11.5 Å². The Bertz CT molecular complexity index is 1050. The van der Waals surface area contributed by atoms with Crippen molar-refractivity contribution >= 4 is 35.0 Å². The normalized spacial score (nSPS) is 14.6. The standard InChI is InChI=1S/C25H27NO6S/c1-4-5-12-31-23(27)15-26-24(28)22(33-25(26)29)14-19-10-11-20(21(13-19)30-3)32-16-18-8-6-17(2)7-9-18/h6-11,13-14H,4-5,12,15-16H2,1-3H3/b22-14+. The van der Waals surface area contributed by atoms with Gasteiger partial charge in [0.05, 0.1) is 18.6 Å². The Hall–Kier alpha value is -3.26. The zero-order valence-electron chi connectivity index (χ0n) is 19.0. The first kappa shape index (κ1) is 24.4. The Labute approximate surface area is 197 Å². The van der Waals surface area contributed by atoms with E-state index in [2.05, 4.69) is 0 Å². The molecule has 0 saturated carbocycles. The second-order valence-corrected chi connectivity index (χ2v) is 8.52. The number of methoxy groups -OCH3 is 1. The van der Waals surface area contributed by atoms with Gasteiger partial charge in [0, 0.05) is 0 Å². The number of carbonyl (C=O) groups excluding carboxylic acids is 3. The molecule has 0 radical (unpaired) electrons. The average Bonchev–Trinajstić information content (AvgIpc) is 3.06. The van der Waals surface area contributed by atoms with E-state index in [9.17, 15) is 14.4 Å². The second kappa shape index (κ2) is 11.6. The van der Waals surface area contributed by atoms with Gasteiger partial charge < -0.3 is 14.2 Å². The van der Waals surface area contributed by atoms with Crippen molar-refractivity contribution in [3.8, 4) is 11.5 Å². The Balaban J connectivity index is 1.67. The van der Waals surface area contributed by atoms with Gasteiger partial charge in [-0.15, -0.1) is 0 Å². The number of rotatable bonds is 10. The number of imide groups is 1. The summed E-state index contributed by atoms with van der Waals surface area (Å²) in [7, 11) is 1.54. The first-order chi connectivity index (χ1) is 15.9. The zero-order chi connectivity index (χ0) is 23.8. The minimum atomic E-state index is -0.594. The van der Waals surface area contributed by atoms with Crippen molar-refractivity contribution in [1.82, 2.24) is 4.90 Å². The largest absolute Gasteiger partial charge is 0.493 e. The van der Waals surface area contributed by atoms with E-state index in [1.54, 1.807) is 24.3 Å². The van der Waals surface area contributed by atoms with Gasteiger partial charge in [-0.25, -0.2) is 0 Å². The van der Waals surface area contributed by atoms with Crippen LogP contribution in [-0.2, 0) is 20.9 Å². The number of thioether (sulfide) groups is 1. The van der Waals surface area contributed by atoms with Crippen LogP contribution in [0, 0.1) is 6.92 Å². The highest BCUT2D eigenvalue weighted by molar-refractivity contribution is 8.18. The highest BCUT2D eigenvalue weighted by atomic mass is 32.2. The molecule has 0 spiro atoms. The fraction of sp³-hybridized carbons (Fsp3) is 0.320. The Morgan fingerprint density at radius 3 is 2.55 bits per heavy atom. The third-order valence-electron chi connectivity index (χ3n) is 4.92. The van der Waals surface area contributed by atoms with Gasteiger partial charge in [0.25, 0.3) is 11.1 Å². The van der Waals surface area contributed by atoms with E-state index in [-0.39, 0.29) is 18.1 Å². The van der Waals surface area contributed by atoms with Gasteiger partial charge in [0.1, 0.15) is 13.2 Å². The van der Waals surface area contributed by atoms with Crippen LogP contribution in [0.4, 0.5) is 4.79 Å². The minimum absolute atomic E-state index is 0.233. The van der Waals surface area contributed by atoms with Crippen LogP contribution in [-0.4, -0.2) is 42.3 Å². The van der Waals surface area contributed by atoms with Crippen LogP contribution < -0.4 is 9.47 Å². The molecule has 33 heavy (non-hydrogen) atoms. The molecular formula is C25H27NO6S. The van der Waals surface area contributed by atoms with E-state index >= 15 is 0 Å². The van der Waals surface area contributed by atoms with Crippen LogP contribution in [0.25, 0.3) is 6.08 Å². The molecule has 1 heterocycles. The van der Waals surface area contributed by atoms with E-state index in [4.69, 9.17) is 14.2 Å². The fourth-order valence-electron chi connectivity index (χ4n) is 3.03. The number of benzene rings is 2. The van der Waals surface area contributed by atoms with E-state index in [0.29, 0.717) is 23.7 Å². The number of hydrogen-bond donors (Lipinski definition) is 0. The van der Waals surface area contributed by atoms with E-state index in [1.165, 1.54) is 12.7 Å². The SMILES string of the molecule is CCCCOC(=O)CN1C(=O)S/C(=C/c2ccc(OCc3ccc(C)cc3)c(OC)c2)C1=O. The molecule has 0 aromatic heterocycles. The number of unbranched alkanes of at least 4 members (excludes halogenated alkanes) is 1. The van der Waals surface area contributed by atoms with Crippen molar-refractivity contribution < 1.29 is 28.6 Å². The molecule has 1 fully saturated rings. The Kier molecular flexibility index (Phi) is 8.54. The molecule has 1 saturated heterocycles. The maximum atomic E-state index is 12.6. The smallest absolute Gasteiger partial charge is 0.326 e. The van der Waals surface area contributed by atoms with Crippen molar-refractivity contribution in [3.05, 3.63) is 64.1 Å². The van der Waals surface area contributed by atoms with Gasteiger partial charge >= 0.3 is 5.97 Å². The zero-order valence-corrected chi connectivity index (χ0v) is 19.8. The van der Waals surface area contributed by atoms with Crippen molar-refractivity contribution in [2.75, 3.05) is 20.3 Å². The number of carbonyl (C=O) groups is 3. The molecule has 2 aromatic rings. The minimum Gasteiger partial charge on any atom is -0.493 e. The summed E-state index contributed by atoms with van der Waals surface area (Å²) in [5, 5.41) is -0.497. The van der Waals surface area contributed by atoms with Crippen LogP contribution >= 0.6 is 11.8 Å². The number of hydrogen-bond acceptors (Lipinski definition) is 7. The predicted octanol–water partition coefficient (Wildman–Crippen LogP) is 4.96. The molecule has 0 bridgehead atoms. The van der Waals surface area contributed by atoms with Gasteiger partial charge in [-0.1, -0.05) is 49.2 Å². The lowest BCUT2D eigenvalue weighted by Gasteiger charge is -2.12. The summed E-state index contributed by atoms with van der Waals surface area (Å²) in [4.78, 5) is 37.9. The predicted molar refractivity (Wildman–Crippen MR) is 127 cm³/mol. The Morgan fingerprint density at radius 1 is 1.09 bits per heavy atom. The summed E-state index contributed by atoms with van der Waals surface area (Å²) in [5.41, 5.74) is 2.89. The lowest BCUT2D eigenvalue weighted by molar-refractivity contribution is -0.146. The van der Waals surface area contributed by atoms with Crippen molar-refractivity contribution in [3.63, 3.8) is 0 Å². The van der Waals surface area contributed by atoms with Crippen LogP contribution in [0.15, 0.2) is 47.4 Å². The third-order valence-corrected chi connectivity index (χ3v) is 5.83. The molecule has 0 N–H and O–H groups in total. The summed E-state index contributed by atoms with van der Waals surface area (Å²) in [6.07, 6.45) is 3.22. The quantitative estimate of drug-likeness (QED) is 0.276. The number of amides is 2. The fourth-order valence-corrected chi connectivity index (χ4v) is 3.87. The van der Waals surface area contributed by atoms with Crippen molar-refractivity contribution in [1.29, 1.82) is 0 Å². The number of ether oxygens (including phenoxy) is 3. The van der Waals surface area contributed by atoms with Crippen LogP contribution in [0.5, 0.6) is 11.5 Å². The second-order valence-electron chi connectivity index (χ2n) is 7.53. The highest BCUT2D eigenvalue weighted by Gasteiger charge is 2.36. The maximum absolute atomic E-state index is 12.6. The summed E-state index contributed by atoms with van der Waals surface area (Å²) in [6, 6.07) is 13.3. The molecule has 0 aliphatic carbocycles. The first-order valence-electron chi connectivity index (χ1n) is 10.7. The number of esters is 1. The van der Waals surface area contributed by atoms with Gasteiger partial charge in [-0.2, -0.15) is 0 Å². The van der Waals surface area contributed by atoms with Gasteiger partial charge in [0.2, 0.25) is 0 Å². The van der Waals surface area contributed by atoms with Crippen molar-refractivity contribution in [2.45, 2.75) is 33.3 Å². The molecule has 2 amide bonds. The summed E-state index contributed by atoms with van der Waals surface area (Å²) < 4.78 is 16.4. The molecule has 2 aromatic carbocycles. The average molecular weight is 470 g/mol. The maximum Gasteiger partial charge on any atom is 0.326 e. The lowest BCUT2D eigenvalue weighted by atomic mass is 10.1. The van der Waals surface area contributed by atoms with E-state index in [1.807, 2.05) is 38.1 Å². The Morgan fingerprint density at radius 2 is 1.85 bits per heavy atom. The molecule has 3 rings (SSSR count). The molecule has 1 aliphatic rings. The monoisotopic (exact) mass is 469 g/mol. The summed E-state index contributed by atoms with van der Waals surface area (Å²) in [6.45, 7) is 4.29. The molecule has 7 nitrogen and oxygen atoms in total.